The maximum Gasteiger partial charge on any atom is 0.258 e. The number of carbonyl (C=O) groups is 2. The summed E-state index contributed by atoms with van der Waals surface area (Å²) in [5.74, 6) is -7.11. The number of anilines is 3. The van der Waals surface area contributed by atoms with Crippen LogP contribution in [0.15, 0.2) is 48.5 Å². The summed E-state index contributed by atoms with van der Waals surface area (Å²) in [7, 11) is 0. The van der Waals surface area contributed by atoms with Gasteiger partial charge < -0.3 is 16.4 Å². The molecule has 3 aromatic rings. The second kappa shape index (κ2) is 9.22. The molecule has 0 aliphatic heterocycles. The van der Waals surface area contributed by atoms with Crippen LogP contribution >= 0.6 is 34.8 Å². The summed E-state index contributed by atoms with van der Waals surface area (Å²) in [6.07, 6.45) is 0. The Labute approximate surface area is 211 Å². The quantitative estimate of drug-likeness (QED) is 0.201. The van der Waals surface area contributed by atoms with Gasteiger partial charge in [-0.05, 0) is 42.0 Å². The molecule has 4 N–H and O–H groups in total. The summed E-state index contributed by atoms with van der Waals surface area (Å²) in [5, 5.41) is 4.44. The third-order valence-electron chi connectivity index (χ3n) is 5.45. The van der Waals surface area contributed by atoms with E-state index in [0.717, 1.165) is 24.3 Å². The zero-order valence-corrected chi connectivity index (χ0v) is 19.6. The maximum absolute atomic E-state index is 14.3. The summed E-state index contributed by atoms with van der Waals surface area (Å²) in [6.45, 7) is 0. The van der Waals surface area contributed by atoms with Gasteiger partial charge >= 0.3 is 0 Å². The largest absolute Gasteiger partial charge is 0.396 e. The van der Waals surface area contributed by atoms with E-state index in [1.165, 1.54) is 18.2 Å². The molecule has 4 rings (SSSR count). The molecule has 0 radical (unpaired) electrons. The van der Waals surface area contributed by atoms with Gasteiger partial charge in [0.2, 0.25) is 5.91 Å². The Balaban J connectivity index is 1.52. The van der Waals surface area contributed by atoms with Crippen molar-refractivity contribution in [2.45, 2.75) is 10.3 Å². The molecule has 3 aromatic carbocycles. The van der Waals surface area contributed by atoms with Crippen LogP contribution < -0.4 is 16.4 Å². The molecule has 5 nitrogen and oxygen atoms in total. The topological polar surface area (TPSA) is 84.2 Å². The lowest BCUT2D eigenvalue weighted by Crippen LogP contribution is -2.19. The van der Waals surface area contributed by atoms with Crippen molar-refractivity contribution in [2.75, 3.05) is 16.4 Å². The number of halogens is 7. The monoisotopic (exact) mass is 545 g/mol. The van der Waals surface area contributed by atoms with Crippen molar-refractivity contribution in [3.05, 3.63) is 87.9 Å². The van der Waals surface area contributed by atoms with Gasteiger partial charge in [-0.1, -0.05) is 17.7 Å². The Hall–Kier alpha value is -3.01. The molecule has 1 saturated carbocycles. The Morgan fingerprint density at radius 3 is 2.23 bits per heavy atom. The first-order chi connectivity index (χ1) is 16.4. The van der Waals surface area contributed by atoms with Crippen LogP contribution in [0.3, 0.4) is 0 Å². The van der Waals surface area contributed by atoms with Gasteiger partial charge in [0.1, 0.15) is 27.6 Å². The molecule has 182 valence electrons. The van der Waals surface area contributed by atoms with Gasteiger partial charge in [-0.15, -0.1) is 23.2 Å². The fourth-order valence-corrected chi connectivity index (χ4v) is 4.64. The first-order valence-corrected chi connectivity index (χ1v) is 11.0. The summed E-state index contributed by atoms with van der Waals surface area (Å²) in [6, 6.07) is 8.29. The highest BCUT2D eigenvalue weighted by Crippen LogP contribution is 2.65. The summed E-state index contributed by atoms with van der Waals surface area (Å²) >= 11 is 18.3. The average molecular weight is 547 g/mol. The molecule has 0 bridgehead atoms. The predicted molar refractivity (Wildman–Crippen MR) is 126 cm³/mol. The Morgan fingerprint density at radius 2 is 1.54 bits per heavy atom. The molecule has 1 aliphatic rings. The lowest BCUT2D eigenvalue weighted by molar-refractivity contribution is -0.117. The third kappa shape index (κ3) is 4.89. The highest BCUT2D eigenvalue weighted by molar-refractivity contribution is 6.53. The summed E-state index contributed by atoms with van der Waals surface area (Å²) in [5.41, 5.74) is 4.42. The number of alkyl halides is 2. The van der Waals surface area contributed by atoms with Crippen LogP contribution in [0.5, 0.6) is 0 Å². The molecule has 1 aliphatic carbocycles. The van der Waals surface area contributed by atoms with E-state index in [2.05, 4.69) is 10.6 Å². The van der Waals surface area contributed by atoms with Crippen LogP contribution in [-0.2, 0) is 4.79 Å². The lowest BCUT2D eigenvalue weighted by atomic mass is 10.1. The van der Waals surface area contributed by atoms with Crippen molar-refractivity contribution < 1.29 is 27.2 Å². The molecule has 12 heteroatoms. The number of amides is 2. The Morgan fingerprint density at radius 1 is 0.857 bits per heavy atom. The Bertz CT molecular complexity index is 1370. The van der Waals surface area contributed by atoms with E-state index in [0.29, 0.717) is 11.6 Å². The molecule has 1 fully saturated rings. The van der Waals surface area contributed by atoms with Crippen LogP contribution in [-0.4, -0.2) is 16.1 Å². The van der Waals surface area contributed by atoms with Gasteiger partial charge in [-0.25, -0.2) is 17.6 Å². The average Bonchev–Trinajstić information content (AvgIpc) is 3.37. The van der Waals surface area contributed by atoms with Crippen LogP contribution in [0.1, 0.15) is 21.8 Å². The lowest BCUT2D eigenvalue weighted by Gasteiger charge is -2.11. The SMILES string of the molecule is Nc1cc(NC(=O)c2cc(NC(=O)[C@H]3[C@H](c4ccc(F)c(Cl)c4)C3(Cl)Cl)ccc2F)c(F)cc1F. The van der Waals surface area contributed by atoms with E-state index < -0.39 is 68.2 Å². The molecular formula is C23H14Cl3F4N3O2. The molecule has 0 aromatic heterocycles. The van der Waals surface area contributed by atoms with Gasteiger partial charge in [0.05, 0.1) is 27.9 Å². The molecule has 35 heavy (non-hydrogen) atoms. The minimum absolute atomic E-state index is 0.0209. The molecule has 0 unspecified atom stereocenters. The molecular weight excluding hydrogens is 533 g/mol. The van der Waals surface area contributed by atoms with E-state index in [-0.39, 0.29) is 10.7 Å². The van der Waals surface area contributed by atoms with Crippen LogP contribution in [0.25, 0.3) is 0 Å². The van der Waals surface area contributed by atoms with E-state index in [1.807, 2.05) is 0 Å². The van der Waals surface area contributed by atoms with E-state index >= 15 is 0 Å². The summed E-state index contributed by atoms with van der Waals surface area (Å²) in [4.78, 5) is 25.3. The number of nitrogen functional groups attached to an aromatic ring is 1. The third-order valence-corrected chi connectivity index (χ3v) is 6.68. The second-order valence-electron chi connectivity index (χ2n) is 7.79. The van der Waals surface area contributed by atoms with Crippen LogP contribution in [0, 0.1) is 29.2 Å². The normalized spacial score (nSPS) is 18.1. The molecule has 2 amide bonds. The summed E-state index contributed by atoms with van der Waals surface area (Å²) < 4.78 is 53.5. The van der Waals surface area contributed by atoms with Crippen molar-refractivity contribution in [3.8, 4) is 0 Å². The number of nitrogens with one attached hydrogen (secondary N) is 2. The molecule has 0 saturated heterocycles. The van der Waals surface area contributed by atoms with E-state index in [4.69, 9.17) is 40.5 Å². The van der Waals surface area contributed by atoms with Crippen LogP contribution in [0.4, 0.5) is 34.6 Å². The minimum Gasteiger partial charge on any atom is -0.396 e. The molecule has 2 atom stereocenters. The molecule has 0 spiro atoms. The van der Waals surface area contributed by atoms with Crippen molar-refractivity contribution in [3.63, 3.8) is 0 Å². The van der Waals surface area contributed by atoms with Gasteiger partial charge in [0.15, 0.2) is 0 Å². The first kappa shape index (κ1) is 25.1. The fourth-order valence-electron chi connectivity index (χ4n) is 3.62. The minimum atomic E-state index is -1.51. The number of benzene rings is 3. The van der Waals surface area contributed by atoms with Gasteiger partial charge in [-0.2, -0.15) is 0 Å². The predicted octanol–water partition coefficient (Wildman–Crippen LogP) is 6.26. The second-order valence-corrected chi connectivity index (χ2v) is 9.65. The van der Waals surface area contributed by atoms with Gasteiger partial charge in [-0.3, -0.25) is 9.59 Å². The van der Waals surface area contributed by atoms with Crippen LogP contribution in [0.2, 0.25) is 5.02 Å². The van der Waals surface area contributed by atoms with Gasteiger partial charge in [0.25, 0.3) is 5.91 Å². The van der Waals surface area contributed by atoms with Gasteiger partial charge in [0, 0.05) is 17.7 Å². The first-order valence-electron chi connectivity index (χ1n) is 9.89. The maximum atomic E-state index is 14.3. The standard InChI is InChI=1S/C23H14Cl3F4N3O2/c24-12-5-9(1-3-14(12)28)19-20(23(19,25)26)22(35)32-10-2-4-13(27)11(6-10)21(34)33-18-8-17(31)15(29)7-16(18)30/h1-8,19-20H,31H2,(H,32,35)(H,33,34)/t19-,20+/m0/s1. The number of rotatable bonds is 5. The number of hydrogen-bond acceptors (Lipinski definition) is 3. The van der Waals surface area contributed by atoms with Crippen molar-refractivity contribution in [1.82, 2.24) is 0 Å². The van der Waals surface area contributed by atoms with E-state index in [9.17, 15) is 27.2 Å². The highest BCUT2D eigenvalue weighted by atomic mass is 35.5. The zero-order valence-electron chi connectivity index (χ0n) is 17.3. The Kier molecular flexibility index (Phi) is 6.61. The smallest absolute Gasteiger partial charge is 0.258 e. The zero-order chi connectivity index (χ0) is 25.7. The highest BCUT2D eigenvalue weighted by Gasteiger charge is 2.67. The molecule has 0 heterocycles. The fraction of sp³-hybridized carbons (Fsp3) is 0.130. The number of carbonyl (C=O) groups excluding carboxylic acids is 2. The van der Waals surface area contributed by atoms with Crippen molar-refractivity contribution in [2.24, 2.45) is 5.92 Å². The number of hydrogen-bond donors (Lipinski definition) is 3. The van der Waals surface area contributed by atoms with E-state index in [1.54, 1.807) is 0 Å². The van der Waals surface area contributed by atoms with Crippen molar-refractivity contribution in [1.29, 1.82) is 0 Å². The number of nitrogens with two attached hydrogens (primary N) is 1. The van der Waals surface area contributed by atoms with Crippen molar-refractivity contribution >= 4 is 63.7 Å².